The summed E-state index contributed by atoms with van der Waals surface area (Å²) >= 11 is 0. The van der Waals surface area contributed by atoms with Crippen molar-refractivity contribution in [3.8, 4) is 0 Å². The summed E-state index contributed by atoms with van der Waals surface area (Å²) in [5.74, 6) is -0.152. The lowest BCUT2D eigenvalue weighted by Gasteiger charge is -2.34. The van der Waals surface area contributed by atoms with Crippen LogP contribution in [-0.4, -0.2) is 61.8 Å². The number of hydrogen-bond acceptors (Lipinski definition) is 5. The van der Waals surface area contributed by atoms with Gasteiger partial charge in [-0.05, 0) is 25.5 Å². The fraction of sp³-hybridized carbons (Fsp3) is 0.611. The van der Waals surface area contributed by atoms with Crippen molar-refractivity contribution >= 4 is 5.97 Å². The van der Waals surface area contributed by atoms with Gasteiger partial charge in [0.15, 0.2) is 0 Å². The Morgan fingerprint density at radius 2 is 1.91 bits per heavy atom. The molecule has 1 N–H and O–H groups in total. The van der Waals surface area contributed by atoms with Crippen molar-refractivity contribution in [3.63, 3.8) is 0 Å². The van der Waals surface area contributed by atoms with Gasteiger partial charge in [-0.15, -0.1) is 0 Å². The third-order valence-electron chi connectivity index (χ3n) is 4.15. The molecule has 1 heterocycles. The molecule has 1 aromatic rings. The van der Waals surface area contributed by atoms with E-state index in [9.17, 15) is 4.79 Å². The Bertz CT molecular complexity index is 459. The smallest absolute Gasteiger partial charge is 0.324 e. The number of piperazine rings is 1. The van der Waals surface area contributed by atoms with E-state index in [0.29, 0.717) is 13.0 Å². The van der Waals surface area contributed by atoms with Gasteiger partial charge in [0, 0.05) is 26.2 Å². The first-order valence-electron chi connectivity index (χ1n) is 8.59. The van der Waals surface area contributed by atoms with E-state index in [-0.39, 0.29) is 12.0 Å². The highest BCUT2D eigenvalue weighted by atomic mass is 16.5. The van der Waals surface area contributed by atoms with Gasteiger partial charge in [0.1, 0.15) is 6.04 Å². The van der Waals surface area contributed by atoms with E-state index in [4.69, 9.17) is 4.74 Å². The van der Waals surface area contributed by atoms with Gasteiger partial charge >= 0.3 is 5.97 Å². The minimum atomic E-state index is -0.322. The summed E-state index contributed by atoms with van der Waals surface area (Å²) in [7, 11) is 2.12. The highest BCUT2D eigenvalue weighted by Gasteiger charge is 2.24. The van der Waals surface area contributed by atoms with Crippen LogP contribution in [0.25, 0.3) is 0 Å². The van der Waals surface area contributed by atoms with E-state index in [1.54, 1.807) is 0 Å². The van der Waals surface area contributed by atoms with Crippen LogP contribution >= 0.6 is 0 Å². The number of nitrogens with one attached hydrogen (secondary N) is 1. The molecule has 5 nitrogen and oxygen atoms in total. The standard InChI is InChI=1S/C18H29N3O2/c1-3-4-14-23-18(22)17(15-16-8-6-5-7-9-16)19-21-12-10-20(2)11-13-21/h5-9,17,19H,3-4,10-15H2,1-2H3/t17-/m0/s1. The zero-order chi connectivity index (χ0) is 16.5. The number of benzene rings is 1. The van der Waals surface area contributed by atoms with Crippen LogP contribution in [0.1, 0.15) is 25.3 Å². The van der Waals surface area contributed by atoms with Crippen LogP contribution in [0.5, 0.6) is 0 Å². The van der Waals surface area contributed by atoms with E-state index in [2.05, 4.69) is 41.4 Å². The Morgan fingerprint density at radius 3 is 2.57 bits per heavy atom. The van der Waals surface area contributed by atoms with Gasteiger partial charge in [-0.3, -0.25) is 4.79 Å². The van der Waals surface area contributed by atoms with Gasteiger partial charge < -0.3 is 9.64 Å². The molecule has 2 rings (SSSR count). The maximum Gasteiger partial charge on any atom is 0.324 e. The van der Waals surface area contributed by atoms with Crippen LogP contribution in [0.2, 0.25) is 0 Å². The predicted octanol–water partition coefficient (Wildman–Crippen LogP) is 1.69. The monoisotopic (exact) mass is 319 g/mol. The lowest BCUT2D eigenvalue weighted by Crippen LogP contribution is -2.56. The maximum atomic E-state index is 12.4. The summed E-state index contributed by atoms with van der Waals surface area (Å²) < 4.78 is 5.44. The van der Waals surface area contributed by atoms with Crippen molar-refractivity contribution in [1.29, 1.82) is 0 Å². The molecule has 0 aromatic heterocycles. The average Bonchev–Trinajstić information content (AvgIpc) is 2.57. The molecular formula is C18H29N3O2. The minimum Gasteiger partial charge on any atom is -0.464 e. The number of hydrogen-bond donors (Lipinski definition) is 1. The maximum absolute atomic E-state index is 12.4. The molecule has 128 valence electrons. The quantitative estimate of drug-likeness (QED) is 0.583. The highest BCUT2D eigenvalue weighted by molar-refractivity contribution is 5.76. The number of carbonyl (C=O) groups excluding carboxylic acids is 1. The Balaban J connectivity index is 1.94. The van der Waals surface area contributed by atoms with Crippen LogP contribution in [0.3, 0.4) is 0 Å². The predicted molar refractivity (Wildman–Crippen MR) is 92.0 cm³/mol. The zero-order valence-corrected chi connectivity index (χ0v) is 14.3. The second-order valence-electron chi connectivity index (χ2n) is 6.18. The Hall–Kier alpha value is -1.43. The van der Waals surface area contributed by atoms with Crippen LogP contribution < -0.4 is 5.43 Å². The Morgan fingerprint density at radius 1 is 1.22 bits per heavy atom. The number of carbonyl (C=O) groups is 1. The normalized spacial score (nSPS) is 17.8. The number of rotatable bonds is 8. The summed E-state index contributed by atoms with van der Waals surface area (Å²) in [6.45, 7) is 6.46. The van der Waals surface area contributed by atoms with Crippen LogP contribution in [0, 0.1) is 0 Å². The van der Waals surface area contributed by atoms with E-state index in [1.165, 1.54) is 0 Å². The molecule has 23 heavy (non-hydrogen) atoms. The molecule has 0 radical (unpaired) electrons. The summed E-state index contributed by atoms with van der Waals surface area (Å²) in [6, 6.07) is 9.79. The summed E-state index contributed by atoms with van der Waals surface area (Å²) in [5.41, 5.74) is 4.53. The van der Waals surface area contributed by atoms with Crippen molar-refractivity contribution in [3.05, 3.63) is 35.9 Å². The molecule has 1 aliphatic heterocycles. The molecule has 1 aliphatic rings. The Kier molecular flexibility index (Phi) is 7.52. The lowest BCUT2D eigenvalue weighted by atomic mass is 10.1. The number of likely N-dealkylation sites (N-methyl/N-ethyl adjacent to an activating group) is 1. The number of hydrazine groups is 1. The fourth-order valence-corrected chi connectivity index (χ4v) is 2.61. The van der Waals surface area contributed by atoms with E-state index >= 15 is 0 Å². The lowest BCUT2D eigenvalue weighted by molar-refractivity contribution is -0.148. The van der Waals surface area contributed by atoms with Crippen LogP contribution in [0.15, 0.2) is 30.3 Å². The molecule has 1 fully saturated rings. The van der Waals surface area contributed by atoms with Gasteiger partial charge in [0.2, 0.25) is 0 Å². The van der Waals surface area contributed by atoms with Crippen molar-refractivity contribution < 1.29 is 9.53 Å². The molecule has 0 saturated carbocycles. The fourth-order valence-electron chi connectivity index (χ4n) is 2.61. The number of esters is 1. The van der Waals surface area contributed by atoms with Gasteiger partial charge in [-0.2, -0.15) is 0 Å². The van der Waals surface area contributed by atoms with E-state index in [0.717, 1.165) is 44.6 Å². The first kappa shape index (κ1) is 17.9. The number of ether oxygens (including phenoxy) is 1. The number of unbranched alkanes of at least 4 members (excludes halogenated alkanes) is 1. The zero-order valence-electron chi connectivity index (χ0n) is 14.3. The van der Waals surface area contributed by atoms with Gasteiger partial charge in [-0.1, -0.05) is 43.7 Å². The molecule has 0 unspecified atom stereocenters. The van der Waals surface area contributed by atoms with Crippen LogP contribution in [-0.2, 0) is 16.0 Å². The molecule has 0 amide bonds. The van der Waals surface area contributed by atoms with Crippen molar-refractivity contribution in [2.45, 2.75) is 32.2 Å². The minimum absolute atomic E-state index is 0.152. The topological polar surface area (TPSA) is 44.8 Å². The SMILES string of the molecule is CCCCOC(=O)[C@H](Cc1ccccc1)NN1CCN(C)CC1. The van der Waals surface area contributed by atoms with Crippen molar-refractivity contribution in [2.24, 2.45) is 0 Å². The second kappa shape index (κ2) is 9.65. The largest absolute Gasteiger partial charge is 0.464 e. The van der Waals surface area contributed by atoms with Crippen molar-refractivity contribution in [1.82, 2.24) is 15.3 Å². The molecule has 1 saturated heterocycles. The average molecular weight is 319 g/mol. The number of nitrogens with zero attached hydrogens (tertiary/aromatic N) is 2. The van der Waals surface area contributed by atoms with Crippen LogP contribution in [0.4, 0.5) is 0 Å². The molecule has 0 aliphatic carbocycles. The Labute approximate surface area is 139 Å². The second-order valence-corrected chi connectivity index (χ2v) is 6.18. The third-order valence-corrected chi connectivity index (χ3v) is 4.15. The molecule has 5 heteroatoms. The molecule has 0 bridgehead atoms. The molecule has 1 atom stereocenters. The molecule has 1 aromatic carbocycles. The summed E-state index contributed by atoms with van der Waals surface area (Å²) in [6.07, 6.45) is 2.60. The highest BCUT2D eigenvalue weighted by Crippen LogP contribution is 2.07. The molecule has 0 spiro atoms. The first-order chi connectivity index (χ1) is 11.2. The van der Waals surface area contributed by atoms with E-state index < -0.39 is 0 Å². The van der Waals surface area contributed by atoms with E-state index in [1.807, 2.05) is 18.2 Å². The molecular weight excluding hydrogens is 290 g/mol. The van der Waals surface area contributed by atoms with Crippen molar-refractivity contribution in [2.75, 3.05) is 39.8 Å². The van der Waals surface area contributed by atoms with Gasteiger partial charge in [0.25, 0.3) is 0 Å². The first-order valence-corrected chi connectivity index (χ1v) is 8.59. The third kappa shape index (κ3) is 6.29. The summed E-state index contributed by atoms with van der Waals surface area (Å²) in [5, 5.41) is 2.15. The van der Waals surface area contributed by atoms with Gasteiger partial charge in [-0.25, -0.2) is 10.4 Å². The summed E-state index contributed by atoms with van der Waals surface area (Å²) in [4.78, 5) is 14.7. The van der Waals surface area contributed by atoms with Gasteiger partial charge in [0.05, 0.1) is 6.61 Å².